The Balaban J connectivity index is 2.28. The van der Waals surface area contributed by atoms with Crippen LogP contribution in [0, 0.1) is 11.2 Å². The Kier molecular flexibility index (Phi) is 4.07. The lowest BCUT2D eigenvalue weighted by molar-refractivity contribution is 0.315. The molecule has 1 aliphatic rings. The van der Waals surface area contributed by atoms with Crippen molar-refractivity contribution in [3.8, 4) is 0 Å². The van der Waals surface area contributed by atoms with Gasteiger partial charge >= 0.3 is 0 Å². The van der Waals surface area contributed by atoms with Crippen molar-refractivity contribution < 1.29 is 12.8 Å². The maximum atomic E-state index is 13.2. The van der Waals surface area contributed by atoms with Crippen molar-refractivity contribution >= 4 is 15.7 Å². The van der Waals surface area contributed by atoms with Gasteiger partial charge in [0.1, 0.15) is 5.82 Å². The van der Waals surface area contributed by atoms with Crippen LogP contribution < -0.4 is 5.73 Å². The average molecular weight is 300 g/mol. The summed E-state index contributed by atoms with van der Waals surface area (Å²) in [6.07, 6.45) is 2.66. The van der Waals surface area contributed by atoms with E-state index in [4.69, 9.17) is 5.73 Å². The van der Waals surface area contributed by atoms with Gasteiger partial charge in [0.05, 0.1) is 10.6 Å². The second kappa shape index (κ2) is 5.33. The van der Waals surface area contributed by atoms with Crippen molar-refractivity contribution in [3.63, 3.8) is 0 Å². The van der Waals surface area contributed by atoms with E-state index in [0.717, 1.165) is 25.3 Å². The molecule has 1 fully saturated rings. The smallest absolute Gasteiger partial charge is 0.243 e. The average Bonchev–Trinajstić information content (AvgIpc) is 2.54. The fourth-order valence-electron chi connectivity index (χ4n) is 2.47. The molecule has 0 amide bonds. The SMILES string of the molecule is CC1(C)CCCN(S(=O)(=O)c2ccc(F)c(N)c2)CC1. The van der Waals surface area contributed by atoms with Crippen molar-refractivity contribution in [1.82, 2.24) is 4.31 Å². The lowest BCUT2D eigenvalue weighted by atomic mass is 9.85. The number of benzene rings is 1. The second-order valence-electron chi connectivity index (χ2n) is 6.11. The lowest BCUT2D eigenvalue weighted by Crippen LogP contribution is -2.32. The maximum Gasteiger partial charge on any atom is 0.243 e. The monoisotopic (exact) mass is 300 g/mol. The van der Waals surface area contributed by atoms with E-state index >= 15 is 0 Å². The molecule has 1 aromatic rings. The Morgan fingerprint density at radius 3 is 2.60 bits per heavy atom. The first kappa shape index (κ1) is 15.3. The third-order valence-electron chi connectivity index (χ3n) is 3.90. The molecule has 1 heterocycles. The van der Waals surface area contributed by atoms with Crippen LogP contribution in [0.3, 0.4) is 0 Å². The highest BCUT2D eigenvalue weighted by Gasteiger charge is 2.30. The number of nitrogens with two attached hydrogens (primary N) is 1. The minimum Gasteiger partial charge on any atom is -0.396 e. The van der Waals surface area contributed by atoms with Crippen LogP contribution in [0.15, 0.2) is 23.1 Å². The zero-order valence-electron chi connectivity index (χ0n) is 11.9. The first-order chi connectivity index (χ1) is 9.22. The molecule has 0 atom stereocenters. The van der Waals surface area contributed by atoms with Gasteiger partial charge in [-0.1, -0.05) is 13.8 Å². The van der Waals surface area contributed by atoms with Crippen LogP contribution in [-0.2, 0) is 10.0 Å². The van der Waals surface area contributed by atoms with Crippen molar-refractivity contribution in [2.45, 2.75) is 38.0 Å². The minimum atomic E-state index is -3.59. The van der Waals surface area contributed by atoms with Crippen LogP contribution in [-0.4, -0.2) is 25.8 Å². The maximum absolute atomic E-state index is 13.2. The van der Waals surface area contributed by atoms with Crippen LogP contribution >= 0.6 is 0 Å². The number of nitrogen functional groups attached to an aromatic ring is 1. The highest BCUT2D eigenvalue weighted by atomic mass is 32.2. The van der Waals surface area contributed by atoms with E-state index in [1.807, 2.05) is 0 Å². The van der Waals surface area contributed by atoms with Crippen LogP contribution in [0.5, 0.6) is 0 Å². The Morgan fingerprint density at radius 1 is 1.25 bits per heavy atom. The van der Waals surface area contributed by atoms with Gasteiger partial charge in [0, 0.05) is 13.1 Å². The van der Waals surface area contributed by atoms with E-state index in [1.54, 1.807) is 0 Å². The summed E-state index contributed by atoms with van der Waals surface area (Å²) in [5.41, 5.74) is 5.48. The highest BCUT2D eigenvalue weighted by molar-refractivity contribution is 7.89. The summed E-state index contributed by atoms with van der Waals surface area (Å²) in [7, 11) is -3.59. The van der Waals surface area contributed by atoms with Crippen LogP contribution in [0.1, 0.15) is 33.1 Å². The van der Waals surface area contributed by atoms with Gasteiger partial charge < -0.3 is 5.73 Å². The number of sulfonamides is 1. The van der Waals surface area contributed by atoms with Gasteiger partial charge in [0.2, 0.25) is 10.0 Å². The third kappa shape index (κ3) is 3.12. The number of hydrogen-bond acceptors (Lipinski definition) is 3. The normalized spacial score (nSPS) is 20.6. The molecule has 1 saturated heterocycles. The van der Waals surface area contributed by atoms with E-state index < -0.39 is 15.8 Å². The van der Waals surface area contributed by atoms with Gasteiger partial charge in [-0.25, -0.2) is 12.8 Å². The molecule has 112 valence electrons. The first-order valence-corrected chi connectivity index (χ1v) is 8.22. The molecule has 6 heteroatoms. The van der Waals surface area contributed by atoms with E-state index in [-0.39, 0.29) is 16.0 Å². The molecule has 0 bridgehead atoms. The molecule has 0 radical (unpaired) electrons. The zero-order chi connectivity index (χ0) is 15.0. The molecule has 1 aliphatic heterocycles. The third-order valence-corrected chi connectivity index (χ3v) is 5.80. The number of hydrogen-bond donors (Lipinski definition) is 1. The number of nitrogens with zero attached hydrogens (tertiary/aromatic N) is 1. The molecule has 0 spiro atoms. The van der Waals surface area contributed by atoms with Crippen molar-refractivity contribution in [2.75, 3.05) is 18.8 Å². The molecular weight excluding hydrogens is 279 g/mol. The summed E-state index contributed by atoms with van der Waals surface area (Å²) < 4.78 is 39.8. The van der Waals surface area contributed by atoms with E-state index in [0.29, 0.717) is 13.1 Å². The van der Waals surface area contributed by atoms with Crippen molar-refractivity contribution in [1.29, 1.82) is 0 Å². The summed E-state index contributed by atoms with van der Waals surface area (Å²) in [6, 6.07) is 3.57. The fourth-order valence-corrected chi connectivity index (χ4v) is 3.99. The largest absolute Gasteiger partial charge is 0.396 e. The zero-order valence-corrected chi connectivity index (χ0v) is 12.7. The van der Waals surface area contributed by atoms with Crippen LogP contribution in [0.2, 0.25) is 0 Å². The Bertz CT molecular complexity index is 599. The van der Waals surface area contributed by atoms with Crippen LogP contribution in [0.25, 0.3) is 0 Å². The molecule has 4 nitrogen and oxygen atoms in total. The standard InChI is InChI=1S/C14H21FN2O2S/c1-14(2)6-3-8-17(9-7-14)20(18,19)11-4-5-12(15)13(16)10-11/h4-5,10H,3,6-9,16H2,1-2H3. The van der Waals surface area contributed by atoms with Gasteiger partial charge in [-0.2, -0.15) is 4.31 Å². The molecule has 0 aromatic heterocycles. The Hall–Kier alpha value is -1.14. The Labute approximate surface area is 119 Å². The predicted octanol–water partition coefficient (Wildman–Crippen LogP) is 2.61. The van der Waals surface area contributed by atoms with Gasteiger partial charge in [-0.15, -0.1) is 0 Å². The fraction of sp³-hybridized carbons (Fsp3) is 0.571. The minimum absolute atomic E-state index is 0.0658. The highest BCUT2D eigenvalue weighted by Crippen LogP contribution is 2.32. The summed E-state index contributed by atoms with van der Waals surface area (Å²) in [5.74, 6) is -0.596. The van der Waals surface area contributed by atoms with Gasteiger partial charge in [0.25, 0.3) is 0 Å². The molecular formula is C14H21FN2O2S. The second-order valence-corrected chi connectivity index (χ2v) is 8.04. The topological polar surface area (TPSA) is 63.4 Å². The number of halogens is 1. The summed E-state index contributed by atoms with van der Waals surface area (Å²) in [4.78, 5) is 0.0658. The predicted molar refractivity (Wildman–Crippen MR) is 77.2 cm³/mol. The number of rotatable bonds is 2. The molecule has 0 aliphatic carbocycles. The molecule has 2 rings (SSSR count). The lowest BCUT2D eigenvalue weighted by Gasteiger charge is -2.23. The quantitative estimate of drug-likeness (QED) is 0.854. The van der Waals surface area contributed by atoms with E-state index in [2.05, 4.69) is 13.8 Å². The molecule has 2 N–H and O–H groups in total. The summed E-state index contributed by atoms with van der Waals surface area (Å²) >= 11 is 0. The summed E-state index contributed by atoms with van der Waals surface area (Å²) in [5, 5.41) is 0. The van der Waals surface area contributed by atoms with E-state index in [1.165, 1.54) is 16.4 Å². The van der Waals surface area contributed by atoms with Gasteiger partial charge in [-0.05, 0) is 42.9 Å². The molecule has 0 saturated carbocycles. The Morgan fingerprint density at radius 2 is 1.95 bits per heavy atom. The number of anilines is 1. The molecule has 20 heavy (non-hydrogen) atoms. The van der Waals surface area contributed by atoms with Crippen molar-refractivity contribution in [2.24, 2.45) is 5.41 Å². The van der Waals surface area contributed by atoms with Gasteiger partial charge in [0.15, 0.2) is 0 Å². The first-order valence-electron chi connectivity index (χ1n) is 6.78. The van der Waals surface area contributed by atoms with E-state index in [9.17, 15) is 12.8 Å². The molecule has 1 aromatic carbocycles. The molecule has 0 unspecified atom stereocenters. The van der Waals surface area contributed by atoms with Crippen LogP contribution in [0.4, 0.5) is 10.1 Å². The summed E-state index contributed by atoms with van der Waals surface area (Å²) in [6.45, 7) is 5.30. The van der Waals surface area contributed by atoms with Crippen molar-refractivity contribution in [3.05, 3.63) is 24.0 Å². The van der Waals surface area contributed by atoms with Gasteiger partial charge in [-0.3, -0.25) is 0 Å².